The smallest absolute Gasteiger partial charge is 0.256 e. The zero-order valence-electron chi connectivity index (χ0n) is 17.8. The molecule has 2 amide bonds. The number of hydrogen-bond acceptors (Lipinski definition) is 3. The number of hydrogen-bond donors (Lipinski definition) is 2. The van der Waals surface area contributed by atoms with Crippen molar-refractivity contribution >= 4 is 17.9 Å². The van der Waals surface area contributed by atoms with Gasteiger partial charge in [0.15, 0.2) is 0 Å². The molecule has 0 aliphatic rings. The van der Waals surface area contributed by atoms with Crippen LogP contribution in [0.4, 0.5) is 0 Å². The summed E-state index contributed by atoms with van der Waals surface area (Å²) in [6, 6.07) is 28.5. The predicted octanol–water partition coefficient (Wildman–Crippen LogP) is 3.66. The number of nitrogens with zero attached hydrogens (tertiary/aromatic N) is 1. The molecule has 160 valence electrons. The van der Waals surface area contributed by atoms with E-state index in [4.69, 9.17) is 5.26 Å². The highest BCUT2D eigenvalue weighted by molar-refractivity contribution is 6.21. The van der Waals surface area contributed by atoms with Crippen LogP contribution >= 0.6 is 0 Å². The lowest BCUT2D eigenvalue weighted by Gasteiger charge is -2.11. The van der Waals surface area contributed by atoms with Crippen LogP contribution in [0.5, 0.6) is 0 Å². The summed E-state index contributed by atoms with van der Waals surface area (Å²) in [7, 11) is 0. The van der Waals surface area contributed by atoms with Crippen molar-refractivity contribution in [3.05, 3.63) is 113 Å². The Kier molecular flexibility index (Phi) is 8.35. The van der Waals surface area contributed by atoms with Crippen molar-refractivity contribution in [2.45, 2.75) is 12.8 Å². The third-order valence-corrected chi connectivity index (χ3v) is 4.90. The number of benzene rings is 3. The monoisotopic (exact) mass is 423 g/mol. The summed E-state index contributed by atoms with van der Waals surface area (Å²) in [6.07, 6.45) is 2.86. The van der Waals surface area contributed by atoms with Crippen molar-refractivity contribution in [1.29, 1.82) is 5.26 Å². The van der Waals surface area contributed by atoms with Gasteiger partial charge in [0.05, 0.1) is 11.6 Å². The van der Waals surface area contributed by atoms with E-state index in [-0.39, 0.29) is 5.57 Å². The van der Waals surface area contributed by atoms with Crippen molar-refractivity contribution in [2.24, 2.45) is 0 Å². The van der Waals surface area contributed by atoms with E-state index in [9.17, 15) is 9.59 Å². The minimum Gasteiger partial charge on any atom is -0.352 e. The van der Waals surface area contributed by atoms with E-state index in [1.54, 1.807) is 24.3 Å². The molecule has 0 heterocycles. The van der Waals surface area contributed by atoms with Gasteiger partial charge in [0.2, 0.25) is 0 Å². The van der Waals surface area contributed by atoms with Crippen molar-refractivity contribution in [3.8, 4) is 6.07 Å². The van der Waals surface area contributed by atoms with E-state index >= 15 is 0 Å². The molecule has 0 aliphatic heterocycles. The Morgan fingerprint density at radius 1 is 0.750 bits per heavy atom. The molecular formula is C27H25N3O2. The van der Waals surface area contributed by atoms with Gasteiger partial charge in [0, 0.05) is 13.1 Å². The van der Waals surface area contributed by atoms with Gasteiger partial charge in [-0.25, -0.2) is 0 Å². The Morgan fingerprint density at radius 3 is 1.78 bits per heavy atom. The molecular weight excluding hydrogens is 398 g/mol. The highest BCUT2D eigenvalue weighted by Crippen LogP contribution is 2.11. The number of rotatable bonds is 9. The molecule has 0 unspecified atom stereocenters. The molecule has 0 saturated carbocycles. The van der Waals surface area contributed by atoms with Crippen molar-refractivity contribution in [2.75, 3.05) is 13.1 Å². The molecule has 0 fully saturated rings. The fraction of sp³-hybridized carbons (Fsp3) is 0.148. The summed E-state index contributed by atoms with van der Waals surface area (Å²) in [6.45, 7) is 0.825. The van der Waals surface area contributed by atoms with Crippen LogP contribution in [0.1, 0.15) is 22.3 Å². The SMILES string of the molecule is N#Cc1cccc(C=C(C(=O)NCCc2ccccc2)C(=O)NCCc2ccccc2)c1. The number of nitriles is 1. The second-order valence-electron chi connectivity index (χ2n) is 7.28. The van der Waals surface area contributed by atoms with E-state index in [0.29, 0.717) is 37.1 Å². The fourth-order valence-corrected chi connectivity index (χ4v) is 3.22. The Balaban J connectivity index is 1.69. The van der Waals surface area contributed by atoms with E-state index in [0.717, 1.165) is 11.1 Å². The maximum Gasteiger partial charge on any atom is 0.256 e. The van der Waals surface area contributed by atoms with Crippen molar-refractivity contribution < 1.29 is 9.59 Å². The predicted molar refractivity (Wildman–Crippen MR) is 125 cm³/mol. The summed E-state index contributed by atoms with van der Waals surface area (Å²) >= 11 is 0. The normalized spacial score (nSPS) is 9.97. The van der Waals surface area contributed by atoms with E-state index in [1.165, 1.54) is 6.08 Å². The van der Waals surface area contributed by atoms with Crippen LogP contribution in [-0.4, -0.2) is 24.9 Å². The lowest BCUT2D eigenvalue weighted by atomic mass is 10.1. The zero-order chi connectivity index (χ0) is 22.6. The summed E-state index contributed by atoms with van der Waals surface area (Å²) in [5, 5.41) is 14.8. The maximum absolute atomic E-state index is 12.9. The van der Waals surface area contributed by atoms with Crippen LogP contribution < -0.4 is 10.6 Å². The number of carbonyl (C=O) groups is 2. The van der Waals surface area contributed by atoms with Crippen molar-refractivity contribution in [1.82, 2.24) is 10.6 Å². The molecule has 0 bridgehead atoms. The molecule has 32 heavy (non-hydrogen) atoms. The Labute approximate surface area is 188 Å². The number of carbonyl (C=O) groups excluding carboxylic acids is 2. The standard InChI is InChI=1S/C27H25N3O2/c28-20-24-13-7-12-23(18-24)19-25(26(31)29-16-14-21-8-3-1-4-9-21)27(32)30-17-15-22-10-5-2-6-11-22/h1-13,18-19H,14-17H2,(H,29,31)(H,30,32). The second kappa shape index (κ2) is 11.9. The minimum atomic E-state index is -0.444. The third kappa shape index (κ3) is 6.96. The lowest BCUT2D eigenvalue weighted by Crippen LogP contribution is -2.36. The molecule has 0 aromatic heterocycles. The first-order valence-corrected chi connectivity index (χ1v) is 10.5. The lowest BCUT2D eigenvalue weighted by molar-refractivity contribution is -0.123. The molecule has 3 rings (SSSR count). The van der Waals surface area contributed by atoms with Crippen LogP contribution in [0.25, 0.3) is 6.08 Å². The minimum absolute atomic E-state index is 0.0150. The van der Waals surface area contributed by atoms with Gasteiger partial charge in [0.1, 0.15) is 5.57 Å². The van der Waals surface area contributed by atoms with Gasteiger partial charge < -0.3 is 10.6 Å². The molecule has 3 aromatic rings. The van der Waals surface area contributed by atoms with Crippen LogP contribution in [-0.2, 0) is 22.4 Å². The van der Waals surface area contributed by atoms with Gasteiger partial charge in [-0.05, 0) is 47.7 Å². The molecule has 0 saturated heterocycles. The van der Waals surface area contributed by atoms with Gasteiger partial charge >= 0.3 is 0 Å². The first kappa shape index (κ1) is 22.5. The highest BCUT2D eigenvalue weighted by Gasteiger charge is 2.18. The quantitative estimate of drug-likeness (QED) is 0.313. The van der Waals surface area contributed by atoms with E-state index in [1.807, 2.05) is 60.7 Å². The molecule has 3 aromatic carbocycles. The molecule has 0 spiro atoms. The number of amides is 2. The molecule has 0 atom stereocenters. The third-order valence-electron chi connectivity index (χ3n) is 4.90. The summed E-state index contributed by atoms with van der Waals surface area (Å²) < 4.78 is 0. The zero-order valence-corrected chi connectivity index (χ0v) is 17.8. The molecule has 5 heteroatoms. The van der Waals surface area contributed by atoms with Crippen LogP contribution in [0.15, 0.2) is 90.5 Å². The number of nitrogens with one attached hydrogen (secondary N) is 2. The molecule has 5 nitrogen and oxygen atoms in total. The summed E-state index contributed by atoms with van der Waals surface area (Å²) in [5.41, 5.74) is 3.31. The van der Waals surface area contributed by atoms with Gasteiger partial charge in [-0.2, -0.15) is 5.26 Å². The molecule has 2 N–H and O–H groups in total. The van der Waals surface area contributed by atoms with Gasteiger partial charge in [-0.1, -0.05) is 72.8 Å². The van der Waals surface area contributed by atoms with E-state index < -0.39 is 11.8 Å². The maximum atomic E-state index is 12.9. The van der Waals surface area contributed by atoms with Crippen LogP contribution in [0.2, 0.25) is 0 Å². The van der Waals surface area contributed by atoms with Gasteiger partial charge in [-0.3, -0.25) is 9.59 Å². The highest BCUT2D eigenvalue weighted by atomic mass is 16.2. The second-order valence-corrected chi connectivity index (χ2v) is 7.28. The summed E-state index contributed by atoms with van der Waals surface area (Å²) in [4.78, 5) is 25.7. The topological polar surface area (TPSA) is 82.0 Å². The van der Waals surface area contributed by atoms with E-state index in [2.05, 4.69) is 16.7 Å². The average Bonchev–Trinajstić information content (AvgIpc) is 2.84. The molecule has 0 radical (unpaired) electrons. The van der Waals surface area contributed by atoms with Gasteiger partial charge in [-0.15, -0.1) is 0 Å². The average molecular weight is 424 g/mol. The fourth-order valence-electron chi connectivity index (χ4n) is 3.22. The van der Waals surface area contributed by atoms with Crippen LogP contribution in [0.3, 0.4) is 0 Å². The van der Waals surface area contributed by atoms with Crippen LogP contribution in [0, 0.1) is 11.3 Å². The Morgan fingerprint density at radius 2 is 1.28 bits per heavy atom. The first-order valence-electron chi connectivity index (χ1n) is 10.5. The Bertz CT molecular complexity index is 1060. The Hall–Kier alpha value is -4.17. The van der Waals surface area contributed by atoms with Crippen molar-refractivity contribution in [3.63, 3.8) is 0 Å². The molecule has 0 aliphatic carbocycles. The van der Waals surface area contributed by atoms with Gasteiger partial charge in [0.25, 0.3) is 11.8 Å². The largest absolute Gasteiger partial charge is 0.352 e. The summed E-state index contributed by atoms with van der Waals surface area (Å²) in [5.74, 6) is -0.888. The first-order chi connectivity index (χ1) is 15.7.